The SMILES string of the molecule is Cc1c(C)c2c(c(C)c1O)CC[C@@](C)(CCCCCCCCCn1ccnn1)O2. The lowest BCUT2D eigenvalue weighted by molar-refractivity contribution is 0.0521. The maximum Gasteiger partial charge on any atom is 0.127 e. The van der Waals surface area contributed by atoms with Gasteiger partial charge in [0.25, 0.3) is 0 Å². The first kappa shape index (κ1) is 21.7. The van der Waals surface area contributed by atoms with E-state index in [4.69, 9.17) is 4.74 Å². The van der Waals surface area contributed by atoms with Crippen molar-refractivity contribution in [3.8, 4) is 11.5 Å². The molecule has 1 aromatic carbocycles. The summed E-state index contributed by atoms with van der Waals surface area (Å²) in [5.41, 5.74) is 4.17. The van der Waals surface area contributed by atoms with Crippen molar-refractivity contribution in [1.29, 1.82) is 0 Å². The molecule has 1 aliphatic heterocycles. The van der Waals surface area contributed by atoms with E-state index in [1.165, 1.54) is 50.5 Å². The standard InChI is InChI=1S/C24H37N3O2/c1-18-19(2)23-21(20(3)22(18)28)12-14-24(4,29-23)13-10-8-6-5-7-9-11-16-27-17-15-25-26-27/h15,17,28H,5-14,16H2,1-4H3/t24-/m1/s1. The van der Waals surface area contributed by atoms with Crippen LogP contribution in [0.1, 0.15) is 87.0 Å². The molecule has 0 bridgehead atoms. The van der Waals surface area contributed by atoms with E-state index in [0.717, 1.165) is 48.2 Å². The van der Waals surface area contributed by atoms with Gasteiger partial charge in [-0.3, -0.25) is 4.68 Å². The molecule has 0 unspecified atom stereocenters. The highest BCUT2D eigenvalue weighted by Crippen LogP contribution is 2.44. The fraction of sp³-hybridized carbons (Fsp3) is 0.667. The van der Waals surface area contributed by atoms with Gasteiger partial charge in [0, 0.05) is 18.3 Å². The molecule has 0 aliphatic carbocycles. The van der Waals surface area contributed by atoms with Crippen LogP contribution in [0, 0.1) is 20.8 Å². The summed E-state index contributed by atoms with van der Waals surface area (Å²) in [7, 11) is 0. The number of hydrogen-bond acceptors (Lipinski definition) is 4. The first-order chi connectivity index (χ1) is 13.9. The van der Waals surface area contributed by atoms with Gasteiger partial charge >= 0.3 is 0 Å². The van der Waals surface area contributed by atoms with Crippen LogP contribution in [-0.4, -0.2) is 25.7 Å². The largest absolute Gasteiger partial charge is 0.507 e. The Morgan fingerprint density at radius 3 is 2.38 bits per heavy atom. The van der Waals surface area contributed by atoms with Crippen molar-refractivity contribution in [1.82, 2.24) is 15.0 Å². The van der Waals surface area contributed by atoms with Crippen LogP contribution in [-0.2, 0) is 13.0 Å². The number of benzene rings is 1. The summed E-state index contributed by atoms with van der Waals surface area (Å²) in [4.78, 5) is 0. The normalized spacial score (nSPS) is 18.5. The van der Waals surface area contributed by atoms with Crippen molar-refractivity contribution < 1.29 is 9.84 Å². The van der Waals surface area contributed by atoms with E-state index < -0.39 is 0 Å². The Morgan fingerprint density at radius 2 is 1.69 bits per heavy atom. The number of unbranched alkanes of at least 4 members (excludes halogenated alkanes) is 6. The zero-order chi connectivity index (χ0) is 20.9. The molecule has 0 fully saturated rings. The minimum atomic E-state index is -0.0780. The van der Waals surface area contributed by atoms with Crippen LogP contribution in [0.3, 0.4) is 0 Å². The van der Waals surface area contributed by atoms with Gasteiger partial charge in [0.05, 0.1) is 6.20 Å². The van der Waals surface area contributed by atoms with E-state index in [0.29, 0.717) is 5.75 Å². The second-order valence-electron chi connectivity index (χ2n) is 8.97. The Labute approximate surface area is 175 Å². The molecule has 0 radical (unpaired) electrons. The van der Waals surface area contributed by atoms with Crippen LogP contribution in [0.25, 0.3) is 0 Å². The molecule has 2 aromatic rings. The molecule has 3 rings (SSSR count). The first-order valence-electron chi connectivity index (χ1n) is 11.3. The molecule has 1 N–H and O–H groups in total. The van der Waals surface area contributed by atoms with E-state index in [1.54, 1.807) is 6.20 Å². The van der Waals surface area contributed by atoms with Crippen LogP contribution in [0.2, 0.25) is 0 Å². The van der Waals surface area contributed by atoms with Crippen molar-refractivity contribution >= 4 is 0 Å². The van der Waals surface area contributed by atoms with Gasteiger partial charge in [-0.25, -0.2) is 0 Å². The monoisotopic (exact) mass is 399 g/mol. The molecule has 2 heterocycles. The van der Waals surface area contributed by atoms with Crippen LogP contribution in [0.15, 0.2) is 12.4 Å². The number of aromatic nitrogens is 3. The van der Waals surface area contributed by atoms with Gasteiger partial charge in [0.2, 0.25) is 0 Å². The average Bonchev–Trinajstić information content (AvgIpc) is 3.23. The van der Waals surface area contributed by atoms with Crippen molar-refractivity contribution in [2.45, 2.75) is 104 Å². The number of aromatic hydroxyl groups is 1. The number of aryl methyl sites for hydroxylation is 1. The lowest BCUT2D eigenvalue weighted by Gasteiger charge is -2.38. The van der Waals surface area contributed by atoms with Gasteiger partial charge in [-0.2, -0.15) is 0 Å². The number of rotatable bonds is 10. The molecule has 0 spiro atoms. The molecule has 5 heteroatoms. The summed E-state index contributed by atoms with van der Waals surface area (Å²) >= 11 is 0. The number of nitrogens with zero attached hydrogens (tertiary/aromatic N) is 3. The van der Waals surface area contributed by atoms with Gasteiger partial charge in [-0.05, 0) is 76.5 Å². The third-order valence-corrected chi connectivity index (χ3v) is 6.66. The van der Waals surface area contributed by atoms with Crippen LogP contribution in [0.5, 0.6) is 11.5 Å². The summed E-state index contributed by atoms with van der Waals surface area (Å²) in [6.45, 7) is 9.31. The smallest absolute Gasteiger partial charge is 0.127 e. The second-order valence-corrected chi connectivity index (χ2v) is 8.97. The Bertz CT molecular complexity index is 801. The average molecular weight is 400 g/mol. The van der Waals surface area contributed by atoms with Crippen molar-refractivity contribution in [3.63, 3.8) is 0 Å². The van der Waals surface area contributed by atoms with Crippen LogP contribution < -0.4 is 4.74 Å². The Balaban J connectivity index is 1.36. The molecule has 1 aromatic heterocycles. The summed E-state index contributed by atoms with van der Waals surface area (Å²) in [6.07, 6.45) is 15.7. The topological polar surface area (TPSA) is 60.2 Å². The first-order valence-corrected chi connectivity index (χ1v) is 11.3. The molecular weight excluding hydrogens is 362 g/mol. The summed E-state index contributed by atoms with van der Waals surface area (Å²) in [5, 5.41) is 18.2. The van der Waals surface area contributed by atoms with E-state index in [2.05, 4.69) is 24.2 Å². The van der Waals surface area contributed by atoms with E-state index >= 15 is 0 Å². The Morgan fingerprint density at radius 1 is 1.00 bits per heavy atom. The molecular formula is C24H37N3O2. The molecule has 1 aliphatic rings. The molecule has 0 amide bonds. The maximum atomic E-state index is 10.3. The summed E-state index contributed by atoms with van der Waals surface area (Å²) < 4.78 is 8.45. The summed E-state index contributed by atoms with van der Waals surface area (Å²) in [5.74, 6) is 1.47. The molecule has 0 saturated heterocycles. The van der Waals surface area contributed by atoms with Crippen molar-refractivity contribution in [2.75, 3.05) is 0 Å². The number of ether oxygens (including phenoxy) is 1. The van der Waals surface area contributed by atoms with E-state index in [-0.39, 0.29) is 5.60 Å². The fourth-order valence-electron chi connectivity index (χ4n) is 4.48. The van der Waals surface area contributed by atoms with Crippen molar-refractivity contribution in [3.05, 3.63) is 34.6 Å². The molecule has 160 valence electrons. The number of phenolic OH excluding ortho intramolecular Hbond substituents is 1. The van der Waals surface area contributed by atoms with Gasteiger partial charge in [-0.1, -0.05) is 37.3 Å². The van der Waals surface area contributed by atoms with Gasteiger partial charge < -0.3 is 9.84 Å². The highest BCUT2D eigenvalue weighted by atomic mass is 16.5. The third kappa shape index (κ3) is 5.31. The zero-order valence-electron chi connectivity index (χ0n) is 18.6. The lowest BCUT2D eigenvalue weighted by Crippen LogP contribution is -2.37. The minimum absolute atomic E-state index is 0.0780. The second kappa shape index (κ2) is 9.64. The summed E-state index contributed by atoms with van der Waals surface area (Å²) in [6, 6.07) is 0. The zero-order valence-corrected chi connectivity index (χ0v) is 18.6. The number of hydrogen-bond donors (Lipinski definition) is 1. The highest BCUT2D eigenvalue weighted by molar-refractivity contribution is 5.58. The Hall–Kier alpha value is -2.04. The van der Waals surface area contributed by atoms with Gasteiger partial charge in [0.1, 0.15) is 17.1 Å². The van der Waals surface area contributed by atoms with Gasteiger partial charge in [0.15, 0.2) is 0 Å². The van der Waals surface area contributed by atoms with E-state index in [9.17, 15) is 5.11 Å². The fourth-order valence-corrected chi connectivity index (χ4v) is 4.48. The highest BCUT2D eigenvalue weighted by Gasteiger charge is 2.34. The van der Waals surface area contributed by atoms with Crippen LogP contribution >= 0.6 is 0 Å². The predicted octanol–water partition coefficient (Wildman–Crippen LogP) is 5.81. The number of fused-ring (bicyclic) bond motifs is 1. The van der Waals surface area contributed by atoms with Gasteiger partial charge in [-0.15, -0.1) is 5.10 Å². The van der Waals surface area contributed by atoms with Crippen LogP contribution in [0.4, 0.5) is 0 Å². The predicted molar refractivity (Wildman–Crippen MR) is 117 cm³/mol. The molecule has 1 atom stereocenters. The van der Waals surface area contributed by atoms with Crippen molar-refractivity contribution in [2.24, 2.45) is 0 Å². The molecule has 0 saturated carbocycles. The molecule has 5 nitrogen and oxygen atoms in total. The quantitative estimate of drug-likeness (QED) is 0.512. The lowest BCUT2D eigenvalue weighted by atomic mass is 9.84. The minimum Gasteiger partial charge on any atom is -0.507 e. The molecule has 29 heavy (non-hydrogen) atoms. The number of phenols is 1. The van der Waals surface area contributed by atoms with E-state index in [1.807, 2.05) is 24.7 Å². The maximum absolute atomic E-state index is 10.3. The Kier molecular flexibility index (Phi) is 7.20. The third-order valence-electron chi connectivity index (χ3n) is 6.66.